The first-order valence-electron chi connectivity index (χ1n) is 5.78. The highest BCUT2D eigenvalue weighted by atomic mass is 127. The average Bonchev–Trinajstić information content (AvgIpc) is 2.37. The Balaban J connectivity index is 2.71. The van der Waals surface area contributed by atoms with Crippen LogP contribution in [0, 0.1) is 5.82 Å². The maximum absolute atomic E-state index is 13.8. The van der Waals surface area contributed by atoms with Crippen molar-refractivity contribution in [3.05, 3.63) is 42.0 Å². The summed E-state index contributed by atoms with van der Waals surface area (Å²) < 4.78 is 19.1. The number of benzene rings is 1. The van der Waals surface area contributed by atoms with E-state index in [2.05, 4.69) is 32.6 Å². The molecule has 0 N–H and O–H groups in total. The van der Waals surface area contributed by atoms with Crippen LogP contribution in [0.4, 0.5) is 4.39 Å². The summed E-state index contributed by atoms with van der Waals surface area (Å²) in [5.74, 6) is 0.760. The third-order valence-electron chi connectivity index (χ3n) is 2.70. The first kappa shape index (κ1) is 14.2. The molecule has 0 saturated carbocycles. The first-order valence-corrected chi connectivity index (χ1v) is 6.85. The summed E-state index contributed by atoms with van der Waals surface area (Å²) in [6.07, 6.45) is 3.25. The molecule has 0 saturated heterocycles. The zero-order chi connectivity index (χ0) is 14.0. The quantitative estimate of drug-likeness (QED) is 0.604. The van der Waals surface area contributed by atoms with Gasteiger partial charge in [-0.3, -0.25) is 0 Å². The predicted molar refractivity (Wildman–Crippen MR) is 81.0 cm³/mol. The minimum absolute atomic E-state index is 0.255. The second-order valence-electron chi connectivity index (χ2n) is 4.58. The minimum atomic E-state index is -0.317. The Labute approximate surface area is 125 Å². The summed E-state index contributed by atoms with van der Waals surface area (Å²) in [6, 6.07) is 4.62. The molecule has 0 radical (unpaired) electrons. The molecule has 0 spiro atoms. The van der Waals surface area contributed by atoms with Crippen molar-refractivity contribution in [3.63, 3.8) is 0 Å². The van der Waals surface area contributed by atoms with Gasteiger partial charge in [-0.25, -0.2) is 14.4 Å². The lowest BCUT2D eigenvalue weighted by molar-refractivity contribution is 0.406. The smallest absolute Gasteiger partial charge is 0.162 e. The van der Waals surface area contributed by atoms with Gasteiger partial charge < -0.3 is 4.74 Å². The molecule has 2 aromatic rings. The van der Waals surface area contributed by atoms with Gasteiger partial charge in [-0.2, -0.15) is 0 Å². The molecular weight excluding hydrogens is 358 g/mol. The van der Waals surface area contributed by atoms with E-state index in [4.69, 9.17) is 4.74 Å². The van der Waals surface area contributed by atoms with Crippen LogP contribution in [0.1, 0.15) is 19.4 Å². The van der Waals surface area contributed by atoms with E-state index in [-0.39, 0.29) is 9.24 Å². The molecule has 5 heteroatoms. The van der Waals surface area contributed by atoms with Gasteiger partial charge in [-0.1, -0.05) is 22.6 Å². The van der Waals surface area contributed by atoms with Crippen LogP contribution >= 0.6 is 22.6 Å². The highest BCUT2D eigenvalue weighted by Gasteiger charge is 2.25. The van der Waals surface area contributed by atoms with Crippen LogP contribution < -0.4 is 4.74 Å². The van der Waals surface area contributed by atoms with Gasteiger partial charge in [0, 0.05) is 21.4 Å². The molecule has 3 nitrogen and oxygen atoms in total. The molecule has 0 unspecified atom stereocenters. The SMILES string of the molecule is COc1c(-c2ncccn2)cc(F)cc1C(C)(C)I. The van der Waals surface area contributed by atoms with Gasteiger partial charge in [0.1, 0.15) is 11.6 Å². The predicted octanol–water partition coefficient (Wildman–Crippen LogP) is 3.96. The molecule has 1 heterocycles. The van der Waals surface area contributed by atoms with Gasteiger partial charge in [0.05, 0.1) is 12.7 Å². The summed E-state index contributed by atoms with van der Waals surface area (Å²) in [5, 5.41) is 0. The molecule has 0 aliphatic heterocycles. The maximum atomic E-state index is 13.8. The first-order chi connectivity index (χ1) is 8.93. The van der Waals surface area contributed by atoms with Gasteiger partial charge in [0.2, 0.25) is 0 Å². The van der Waals surface area contributed by atoms with E-state index in [0.717, 1.165) is 5.56 Å². The number of hydrogen-bond donors (Lipinski definition) is 0. The molecule has 0 atom stereocenters. The molecule has 100 valence electrons. The monoisotopic (exact) mass is 372 g/mol. The van der Waals surface area contributed by atoms with Gasteiger partial charge in [0.15, 0.2) is 5.82 Å². The van der Waals surface area contributed by atoms with Crippen LogP contribution in [0.3, 0.4) is 0 Å². The van der Waals surface area contributed by atoms with Crippen molar-refractivity contribution < 1.29 is 9.13 Å². The number of rotatable bonds is 3. The Morgan fingerprint density at radius 1 is 1.21 bits per heavy atom. The highest BCUT2D eigenvalue weighted by molar-refractivity contribution is 14.1. The van der Waals surface area contributed by atoms with Crippen molar-refractivity contribution in [1.29, 1.82) is 0 Å². The molecule has 1 aromatic heterocycles. The van der Waals surface area contributed by atoms with Crippen LogP contribution in [-0.2, 0) is 3.42 Å². The second kappa shape index (κ2) is 5.40. The Bertz CT molecular complexity index is 582. The molecule has 2 rings (SSSR count). The standard InChI is InChI=1S/C14H14FIN2O/c1-14(2,16)11-8-9(15)7-10(12(11)19-3)13-17-5-4-6-18-13/h4-8H,1-3H3. The Morgan fingerprint density at radius 3 is 2.37 bits per heavy atom. The van der Waals surface area contributed by atoms with Crippen LogP contribution in [0.2, 0.25) is 0 Å². The summed E-state index contributed by atoms with van der Waals surface area (Å²) >= 11 is 2.26. The molecule has 0 aliphatic carbocycles. The van der Waals surface area contributed by atoms with Crippen molar-refractivity contribution >= 4 is 22.6 Å². The van der Waals surface area contributed by atoms with Crippen molar-refractivity contribution in [2.24, 2.45) is 0 Å². The van der Waals surface area contributed by atoms with E-state index in [0.29, 0.717) is 17.1 Å². The molecular formula is C14H14FIN2O. The number of ether oxygens (including phenoxy) is 1. The van der Waals surface area contributed by atoms with E-state index < -0.39 is 0 Å². The number of aromatic nitrogens is 2. The lowest BCUT2D eigenvalue weighted by Crippen LogP contribution is -2.10. The Morgan fingerprint density at radius 2 is 1.84 bits per heavy atom. The lowest BCUT2D eigenvalue weighted by atomic mass is 9.98. The summed E-state index contributed by atoms with van der Waals surface area (Å²) in [5.41, 5.74) is 1.36. The van der Waals surface area contributed by atoms with Gasteiger partial charge >= 0.3 is 0 Å². The van der Waals surface area contributed by atoms with E-state index >= 15 is 0 Å². The molecule has 0 aliphatic rings. The molecule has 19 heavy (non-hydrogen) atoms. The topological polar surface area (TPSA) is 35.0 Å². The third-order valence-corrected chi connectivity index (χ3v) is 3.29. The van der Waals surface area contributed by atoms with Crippen LogP contribution in [0.5, 0.6) is 5.75 Å². The second-order valence-corrected chi connectivity index (χ2v) is 7.28. The van der Waals surface area contributed by atoms with Crippen molar-refractivity contribution in [2.45, 2.75) is 17.3 Å². The number of alkyl halides is 1. The summed E-state index contributed by atoms with van der Waals surface area (Å²) in [6.45, 7) is 4.00. The maximum Gasteiger partial charge on any atom is 0.162 e. The number of halogens is 2. The van der Waals surface area contributed by atoms with Crippen LogP contribution in [0.15, 0.2) is 30.6 Å². The lowest BCUT2D eigenvalue weighted by Gasteiger charge is -2.22. The third kappa shape index (κ3) is 3.02. The van der Waals surface area contributed by atoms with Crippen LogP contribution in [-0.4, -0.2) is 17.1 Å². The van der Waals surface area contributed by atoms with Gasteiger partial charge in [-0.05, 0) is 32.0 Å². The Kier molecular flexibility index (Phi) is 4.03. The Hall–Kier alpha value is -1.24. The van der Waals surface area contributed by atoms with Crippen molar-refractivity contribution in [3.8, 4) is 17.1 Å². The van der Waals surface area contributed by atoms with Crippen molar-refractivity contribution in [1.82, 2.24) is 9.97 Å². The van der Waals surface area contributed by atoms with E-state index in [1.807, 2.05) is 13.8 Å². The largest absolute Gasteiger partial charge is 0.496 e. The van der Waals surface area contributed by atoms with E-state index in [9.17, 15) is 4.39 Å². The van der Waals surface area contributed by atoms with Gasteiger partial charge in [-0.15, -0.1) is 0 Å². The molecule has 0 amide bonds. The van der Waals surface area contributed by atoms with Crippen LogP contribution in [0.25, 0.3) is 11.4 Å². The summed E-state index contributed by atoms with van der Waals surface area (Å²) in [7, 11) is 1.57. The molecule has 0 fully saturated rings. The fourth-order valence-electron chi connectivity index (χ4n) is 1.86. The molecule has 0 bridgehead atoms. The van der Waals surface area contributed by atoms with Gasteiger partial charge in [0.25, 0.3) is 0 Å². The van der Waals surface area contributed by atoms with E-state index in [1.165, 1.54) is 12.1 Å². The number of hydrogen-bond acceptors (Lipinski definition) is 3. The van der Waals surface area contributed by atoms with Crippen molar-refractivity contribution in [2.75, 3.05) is 7.11 Å². The zero-order valence-electron chi connectivity index (χ0n) is 10.9. The highest BCUT2D eigenvalue weighted by Crippen LogP contribution is 2.42. The fourth-order valence-corrected chi connectivity index (χ4v) is 2.26. The average molecular weight is 372 g/mol. The molecule has 1 aromatic carbocycles. The fraction of sp³-hybridized carbons (Fsp3) is 0.286. The van der Waals surface area contributed by atoms with E-state index in [1.54, 1.807) is 25.6 Å². The zero-order valence-corrected chi connectivity index (χ0v) is 13.1. The normalized spacial score (nSPS) is 11.4. The summed E-state index contributed by atoms with van der Waals surface area (Å²) in [4.78, 5) is 8.32. The minimum Gasteiger partial charge on any atom is -0.496 e. The number of methoxy groups -OCH3 is 1. The number of nitrogens with zero attached hydrogens (tertiary/aromatic N) is 2.